The Balaban J connectivity index is 2.60. The van der Waals surface area contributed by atoms with E-state index in [1.165, 1.54) is 7.05 Å². The monoisotopic (exact) mass is 223 g/mol. The number of hydrogen-bond donors (Lipinski definition) is 0. The molecule has 3 nitrogen and oxygen atoms in total. The first kappa shape index (κ1) is 11.8. The first-order valence-corrected chi connectivity index (χ1v) is 5.76. The summed E-state index contributed by atoms with van der Waals surface area (Å²) in [6.07, 6.45) is 1.93. The first-order chi connectivity index (χ1) is 7.15. The van der Waals surface area contributed by atoms with Crippen LogP contribution in [0.15, 0.2) is 30.3 Å². The van der Waals surface area contributed by atoms with E-state index in [0.29, 0.717) is 0 Å². The molecule has 1 aromatic carbocycles. The fourth-order valence-corrected chi connectivity index (χ4v) is 1.50. The summed E-state index contributed by atoms with van der Waals surface area (Å²) in [5.41, 5.74) is 0.920. The molecule has 0 aliphatic carbocycles. The van der Waals surface area contributed by atoms with Crippen molar-refractivity contribution in [2.45, 2.75) is 6.42 Å². The molecule has 0 heterocycles. The number of benzene rings is 1. The molecule has 2 amide bonds. The van der Waals surface area contributed by atoms with Crippen LogP contribution in [0.5, 0.6) is 0 Å². The highest BCUT2D eigenvalue weighted by Gasteiger charge is 2.15. The maximum atomic E-state index is 11.6. The third-order valence-electron chi connectivity index (χ3n) is 2.02. The number of rotatable bonds is 2. The van der Waals surface area contributed by atoms with Crippen LogP contribution in [-0.2, 0) is 11.2 Å². The summed E-state index contributed by atoms with van der Waals surface area (Å²) in [5.74, 6) is -0.180. The van der Waals surface area contributed by atoms with E-state index in [9.17, 15) is 9.59 Å². The van der Waals surface area contributed by atoms with Crippen molar-refractivity contribution >= 4 is 22.9 Å². The van der Waals surface area contributed by atoms with Crippen molar-refractivity contribution < 1.29 is 9.59 Å². The van der Waals surface area contributed by atoms with Crippen molar-refractivity contribution in [2.24, 2.45) is 0 Å². The lowest BCUT2D eigenvalue weighted by atomic mass is 10.1. The second-order valence-corrected chi connectivity index (χ2v) is 3.84. The third-order valence-corrected chi connectivity index (χ3v) is 2.64. The van der Waals surface area contributed by atoms with Crippen LogP contribution < -0.4 is 0 Å². The van der Waals surface area contributed by atoms with Crippen LogP contribution in [0.25, 0.3) is 0 Å². The van der Waals surface area contributed by atoms with Crippen LogP contribution in [0.3, 0.4) is 0 Å². The van der Waals surface area contributed by atoms with Gasteiger partial charge < -0.3 is 0 Å². The minimum absolute atomic E-state index is 0.180. The molecule has 0 unspecified atom stereocenters. The largest absolute Gasteiger partial charge is 0.287 e. The predicted octanol–water partition coefficient (Wildman–Crippen LogP) is 2.17. The number of imide groups is 1. The van der Waals surface area contributed by atoms with Crippen molar-refractivity contribution in [1.29, 1.82) is 0 Å². The fraction of sp³-hybridized carbons (Fsp3) is 0.273. The van der Waals surface area contributed by atoms with Gasteiger partial charge in [0.15, 0.2) is 0 Å². The standard InChI is InChI=1S/C11H13NO2S/c1-12(11(14)15-2)10(13)8-9-6-4-3-5-7-9/h3-7H,8H2,1-2H3. The van der Waals surface area contributed by atoms with Gasteiger partial charge in [0.2, 0.25) is 5.91 Å². The fourth-order valence-electron chi connectivity index (χ4n) is 1.13. The Kier molecular flexibility index (Phi) is 4.37. The van der Waals surface area contributed by atoms with Gasteiger partial charge >= 0.3 is 0 Å². The van der Waals surface area contributed by atoms with Crippen molar-refractivity contribution in [1.82, 2.24) is 4.90 Å². The number of amides is 2. The minimum Gasteiger partial charge on any atom is -0.276 e. The highest BCUT2D eigenvalue weighted by atomic mass is 32.2. The Hall–Kier alpha value is -1.29. The molecule has 1 rings (SSSR count). The average Bonchev–Trinajstić information content (AvgIpc) is 2.28. The molecule has 0 fully saturated rings. The van der Waals surface area contributed by atoms with Crippen LogP contribution in [-0.4, -0.2) is 29.3 Å². The van der Waals surface area contributed by atoms with E-state index in [4.69, 9.17) is 0 Å². The van der Waals surface area contributed by atoms with Crippen LogP contribution in [0.2, 0.25) is 0 Å². The van der Waals surface area contributed by atoms with E-state index in [1.54, 1.807) is 6.26 Å². The minimum atomic E-state index is -0.226. The molecule has 0 radical (unpaired) electrons. The molecular formula is C11H13NO2S. The van der Waals surface area contributed by atoms with Crippen molar-refractivity contribution in [3.63, 3.8) is 0 Å². The Morgan fingerprint density at radius 3 is 2.40 bits per heavy atom. The number of hydrogen-bond acceptors (Lipinski definition) is 3. The molecule has 0 bridgehead atoms. The van der Waals surface area contributed by atoms with Crippen molar-refractivity contribution in [2.75, 3.05) is 13.3 Å². The quantitative estimate of drug-likeness (QED) is 0.771. The molecule has 0 atom stereocenters. The number of carbonyl (C=O) groups excluding carboxylic acids is 2. The van der Waals surface area contributed by atoms with Crippen LogP contribution >= 0.6 is 11.8 Å². The van der Waals surface area contributed by atoms with Crippen LogP contribution in [0, 0.1) is 0 Å². The Bertz CT molecular complexity index is 351. The topological polar surface area (TPSA) is 37.4 Å². The van der Waals surface area contributed by atoms with Gasteiger partial charge in [0, 0.05) is 7.05 Å². The smallest absolute Gasteiger partial charge is 0.276 e. The molecule has 0 spiro atoms. The predicted molar refractivity (Wildman–Crippen MR) is 61.8 cm³/mol. The molecule has 15 heavy (non-hydrogen) atoms. The van der Waals surface area contributed by atoms with Gasteiger partial charge in [-0.25, -0.2) is 0 Å². The summed E-state index contributed by atoms with van der Waals surface area (Å²) in [6, 6.07) is 9.38. The number of likely N-dealkylation sites (N-methyl/N-ethyl adjacent to an activating group) is 1. The molecular weight excluding hydrogens is 210 g/mol. The lowest BCUT2D eigenvalue weighted by Crippen LogP contribution is -2.31. The van der Waals surface area contributed by atoms with Gasteiger partial charge in [0.05, 0.1) is 6.42 Å². The highest BCUT2D eigenvalue weighted by Crippen LogP contribution is 2.06. The van der Waals surface area contributed by atoms with Gasteiger partial charge in [-0.1, -0.05) is 42.1 Å². The van der Waals surface area contributed by atoms with Gasteiger partial charge in [-0.05, 0) is 11.8 Å². The van der Waals surface area contributed by atoms with Crippen LogP contribution in [0.1, 0.15) is 5.56 Å². The summed E-state index contributed by atoms with van der Waals surface area (Å²) in [5, 5.41) is -0.226. The van der Waals surface area contributed by atoms with Gasteiger partial charge in [-0.3, -0.25) is 14.5 Å². The zero-order chi connectivity index (χ0) is 11.3. The molecule has 1 aromatic rings. The van der Waals surface area contributed by atoms with Crippen molar-refractivity contribution in [3.8, 4) is 0 Å². The molecule has 80 valence electrons. The maximum Gasteiger partial charge on any atom is 0.287 e. The van der Waals surface area contributed by atoms with Gasteiger partial charge in [0.25, 0.3) is 5.24 Å². The zero-order valence-corrected chi connectivity index (χ0v) is 9.58. The Morgan fingerprint density at radius 2 is 1.87 bits per heavy atom. The summed E-state index contributed by atoms with van der Waals surface area (Å²) in [7, 11) is 1.50. The van der Waals surface area contributed by atoms with E-state index in [2.05, 4.69) is 0 Å². The lowest BCUT2D eigenvalue weighted by Gasteiger charge is -2.13. The first-order valence-electron chi connectivity index (χ1n) is 4.53. The lowest BCUT2D eigenvalue weighted by molar-refractivity contribution is -0.126. The normalized spacial score (nSPS) is 9.73. The Labute approximate surface area is 93.5 Å². The third kappa shape index (κ3) is 3.40. The van der Waals surface area contributed by atoms with E-state index >= 15 is 0 Å². The number of nitrogens with zero attached hydrogens (tertiary/aromatic N) is 1. The molecule has 0 aliphatic heterocycles. The Morgan fingerprint density at radius 1 is 1.27 bits per heavy atom. The highest BCUT2D eigenvalue weighted by molar-refractivity contribution is 8.12. The van der Waals surface area contributed by atoms with Gasteiger partial charge in [-0.15, -0.1) is 0 Å². The molecule has 0 saturated carbocycles. The summed E-state index contributed by atoms with van der Waals surface area (Å²) in [4.78, 5) is 24.0. The van der Waals surface area contributed by atoms with E-state index in [-0.39, 0.29) is 17.6 Å². The summed E-state index contributed by atoms with van der Waals surface area (Å²) >= 11 is 1.04. The molecule has 0 saturated heterocycles. The van der Waals surface area contributed by atoms with E-state index in [1.807, 2.05) is 30.3 Å². The second-order valence-electron chi connectivity index (χ2n) is 3.09. The second kappa shape index (κ2) is 5.56. The summed E-state index contributed by atoms with van der Waals surface area (Å²) < 4.78 is 0. The van der Waals surface area contributed by atoms with Crippen molar-refractivity contribution in [3.05, 3.63) is 35.9 Å². The number of carbonyl (C=O) groups is 2. The SMILES string of the molecule is CSC(=O)N(C)C(=O)Cc1ccccc1. The molecule has 0 aromatic heterocycles. The zero-order valence-electron chi connectivity index (χ0n) is 8.77. The molecule has 4 heteroatoms. The van der Waals surface area contributed by atoms with Gasteiger partial charge in [0.1, 0.15) is 0 Å². The molecule has 0 N–H and O–H groups in total. The maximum absolute atomic E-state index is 11.6. The number of thioether (sulfide) groups is 1. The summed E-state index contributed by atoms with van der Waals surface area (Å²) in [6.45, 7) is 0. The van der Waals surface area contributed by atoms with Crippen LogP contribution in [0.4, 0.5) is 4.79 Å². The van der Waals surface area contributed by atoms with E-state index in [0.717, 1.165) is 22.2 Å². The molecule has 0 aliphatic rings. The van der Waals surface area contributed by atoms with E-state index < -0.39 is 0 Å². The average molecular weight is 223 g/mol. The van der Waals surface area contributed by atoms with Gasteiger partial charge in [-0.2, -0.15) is 0 Å².